The number of nitrogens with two attached hydrogens (primary N) is 1. The zero-order valence-corrected chi connectivity index (χ0v) is 13.0. The number of hydrogen-bond acceptors (Lipinski definition) is 3. The molecule has 0 atom stereocenters. The molecule has 0 unspecified atom stereocenters. The van der Waals surface area contributed by atoms with Crippen LogP contribution in [0.15, 0.2) is 33.3 Å². The molecule has 106 valence electrons. The average molecular weight is 335 g/mol. The first-order chi connectivity index (χ1) is 9.74. The van der Waals surface area contributed by atoms with Gasteiger partial charge in [0.15, 0.2) is 5.82 Å². The van der Waals surface area contributed by atoms with Crippen LogP contribution in [0.4, 0.5) is 5.82 Å². The Bertz CT molecular complexity index is 571. The summed E-state index contributed by atoms with van der Waals surface area (Å²) in [4.78, 5) is 0. The van der Waals surface area contributed by atoms with E-state index in [1.54, 1.807) is 0 Å². The molecule has 1 aromatic carbocycles. The van der Waals surface area contributed by atoms with E-state index >= 15 is 0 Å². The van der Waals surface area contributed by atoms with Crippen molar-refractivity contribution < 1.29 is 4.52 Å². The lowest BCUT2D eigenvalue weighted by molar-refractivity contribution is 0.311. The molecule has 3 rings (SSSR count). The van der Waals surface area contributed by atoms with Crippen LogP contribution in [0, 0.1) is 5.92 Å². The topological polar surface area (TPSA) is 52.0 Å². The Labute approximate surface area is 127 Å². The standard InChI is InChI=1S/C16H19BrN2O/c17-13-8-6-12(7-9-13)15-14(20-19-16(15)18)10-11-4-2-1-3-5-11/h6-9,11H,1-5,10H2,(H2,18,19). The highest BCUT2D eigenvalue weighted by molar-refractivity contribution is 9.10. The third-order valence-corrected chi connectivity index (χ3v) is 4.65. The van der Waals surface area contributed by atoms with Crippen LogP contribution in [0.3, 0.4) is 0 Å². The quantitative estimate of drug-likeness (QED) is 0.876. The van der Waals surface area contributed by atoms with Crippen molar-refractivity contribution in [1.82, 2.24) is 5.16 Å². The number of nitrogen functional groups attached to an aromatic ring is 1. The van der Waals surface area contributed by atoms with Crippen LogP contribution in [-0.2, 0) is 6.42 Å². The molecule has 1 aromatic heterocycles. The third-order valence-electron chi connectivity index (χ3n) is 4.12. The summed E-state index contributed by atoms with van der Waals surface area (Å²) in [5, 5.41) is 3.97. The number of halogens is 1. The highest BCUT2D eigenvalue weighted by Crippen LogP contribution is 2.34. The molecule has 1 heterocycles. The molecule has 4 heteroatoms. The van der Waals surface area contributed by atoms with Crippen LogP contribution in [0.5, 0.6) is 0 Å². The molecule has 3 nitrogen and oxygen atoms in total. The van der Waals surface area contributed by atoms with Crippen LogP contribution >= 0.6 is 15.9 Å². The fourth-order valence-corrected chi connectivity index (χ4v) is 3.32. The van der Waals surface area contributed by atoms with Gasteiger partial charge in [0.2, 0.25) is 0 Å². The minimum atomic E-state index is 0.498. The summed E-state index contributed by atoms with van der Waals surface area (Å²) < 4.78 is 6.56. The summed E-state index contributed by atoms with van der Waals surface area (Å²) in [5.74, 6) is 2.15. The van der Waals surface area contributed by atoms with Crippen LogP contribution in [0.2, 0.25) is 0 Å². The Balaban J connectivity index is 1.86. The summed E-state index contributed by atoms with van der Waals surface area (Å²) in [7, 11) is 0. The maximum atomic E-state index is 6.00. The minimum Gasteiger partial charge on any atom is -0.380 e. The monoisotopic (exact) mass is 334 g/mol. The van der Waals surface area contributed by atoms with Crippen molar-refractivity contribution in [3.05, 3.63) is 34.5 Å². The number of nitrogens with zero attached hydrogens (tertiary/aromatic N) is 1. The highest BCUT2D eigenvalue weighted by atomic mass is 79.9. The van der Waals surface area contributed by atoms with Crippen molar-refractivity contribution in [2.45, 2.75) is 38.5 Å². The molecule has 2 N–H and O–H groups in total. The molecule has 0 radical (unpaired) electrons. The molecule has 0 amide bonds. The van der Waals surface area contributed by atoms with Gasteiger partial charge in [0, 0.05) is 10.9 Å². The van der Waals surface area contributed by atoms with E-state index in [1.165, 1.54) is 32.1 Å². The van der Waals surface area contributed by atoms with E-state index in [9.17, 15) is 0 Å². The van der Waals surface area contributed by atoms with E-state index in [0.717, 1.165) is 27.8 Å². The fraction of sp³-hybridized carbons (Fsp3) is 0.438. The van der Waals surface area contributed by atoms with Gasteiger partial charge < -0.3 is 10.3 Å². The van der Waals surface area contributed by atoms with E-state index in [0.29, 0.717) is 11.7 Å². The lowest BCUT2D eigenvalue weighted by atomic mass is 9.85. The maximum Gasteiger partial charge on any atom is 0.175 e. The average Bonchev–Trinajstić information content (AvgIpc) is 2.82. The first-order valence-electron chi connectivity index (χ1n) is 7.24. The van der Waals surface area contributed by atoms with E-state index in [1.807, 2.05) is 12.1 Å². The number of benzene rings is 1. The predicted molar refractivity (Wildman–Crippen MR) is 84.3 cm³/mol. The Kier molecular flexibility index (Phi) is 4.10. The summed E-state index contributed by atoms with van der Waals surface area (Å²) >= 11 is 3.46. The molecule has 1 aliphatic rings. The second-order valence-electron chi connectivity index (χ2n) is 5.58. The van der Waals surface area contributed by atoms with E-state index < -0.39 is 0 Å². The van der Waals surface area contributed by atoms with Gasteiger partial charge in [0.25, 0.3) is 0 Å². The number of anilines is 1. The Morgan fingerprint density at radius 1 is 1.15 bits per heavy atom. The molecular weight excluding hydrogens is 316 g/mol. The van der Waals surface area contributed by atoms with Crippen molar-refractivity contribution in [1.29, 1.82) is 0 Å². The van der Waals surface area contributed by atoms with Crippen LogP contribution in [-0.4, -0.2) is 5.16 Å². The smallest absolute Gasteiger partial charge is 0.175 e. The van der Waals surface area contributed by atoms with Crippen LogP contribution in [0.1, 0.15) is 37.9 Å². The van der Waals surface area contributed by atoms with Gasteiger partial charge in [0.1, 0.15) is 5.76 Å². The molecule has 0 spiro atoms. The fourth-order valence-electron chi connectivity index (χ4n) is 3.06. The molecule has 1 saturated carbocycles. The number of aromatic nitrogens is 1. The number of rotatable bonds is 3. The number of hydrogen-bond donors (Lipinski definition) is 1. The van der Waals surface area contributed by atoms with Crippen molar-refractivity contribution in [2.75, 3.05) is 5.73 Å². The summed E-state index contributed by atoms with van der Waals surface area (Å²) in [5.41, 5.74) is 8.06. The van der Waals surface area contributed by atoms with Gasteiger partial charge in [-0.05, 0) is 23.6 Å². The first kappa shape index (κ1) is 13.7. The minimum absolute atomic E-state index is 0.498. The maximum absolute atomic E-state index is 6.00. The van der Waals surface area contributed by atoms with Gasteiger partial charge >= 0.3 is 0 Å². The lowest BCUT2D eigenvalue weighted by Gasteiger charge is -2.20. The molecule has 0 bridgehead atoms. The molecule has 1 aliphatic carbocycles. The Morgan fingerprint density at radius 2 is 1.85 bits per heavy atom. The van der Waals surface area contributed by atoms with Gasteiger partial charge in [0.05, 0.1) is 5.56 Å². The van der Waals surface area contributed by atoms with Crippen LogP contribution in [0.25, 0.3) is 11.1 Å². The van der Waals surface area contributed by atoms with Gasteiger partial charge in [-0.2, -0.15) is 0 Å². The second kappa shape index (κ2) is 6.00. The molecule has 20 heavy (non-hydrogen) atoms. The highest BCUT2D eigenvalue weighted by Gasteiger charge is 2.21. The predicted octanol–water partition coefficient (Wildman–Crippen LogP) is 4.81. The second-order valence-corrected chi connectivity index (χ2v) is 6.50. The largest absolute Gasteiger partial charge is 0.380 e. The summed E-state index contributed by atoms with van der Waals surface area (Å²) in [6.07, 6.45) is 7.58. The van der Waals surface area contributed by atoms with Gasteiger partial charge in [-0.1, -0.05) is 65.3 Å². The first-order valence-corrected chi connectivity index (χ1v) is 8.03. The summed E-state index contributed by atoms with van der Waals surface area (Å²) in [6, 6.07) is 8.15. The Hall–Kier alpha value is -1.29. The van der Waals surface area contributed by atoms with Crippen molar-refractivity contribution in [3.63, 3.8) is 0 Å². The van der Waals surface area contributed by atoms with E-state index in [-0.39, 0.29) is 0 Å². The lowest BCUT2D eigenvalue weighted by Crippen LogP contribution is -2.09. The SMILES string of the molecule is Nc1noc(CC2CCCCC2)c1-c1ccc(Br)cc1. The van der Waals surface area contributed by atoms with E-state index in [2.05, 4.69) is 33.2 Å². The van der Waals surface area contributed by atoms with E-state index in [4.69, 9.17) is 10.3 Å². The molecule has 1 fully saturated rings. The van der Waals surface area contributed by atoms with Crippen LogP contribution < -0.4 is 5.73 Å². The molecule has 0 aliphatic heterocycles. The van der Waals surface area contributed by atoms with Gasteiger partial charge in [-0.15, -0.1) is 0 Å². The molecular formula is C16H19BrN2O. The normalized spacial score (nSPS) is 16.4. The van der Waals surface area contributed by atoms with Crippen molar-refractivity contribution in [2.24, 2.45) is 5.92 Å². The van der Waals surface area contributed by atoms with Gasteiger partial charge in [-0.3, -0.25) is 0 Å². The van der Waals surface area contributed by atoms with Crippen molar-refractivity contribution >= 4 is 21.7 Å². The third kappa shape index (κ3) is 2.90. The summed E-state index contributed by atoms with van der Waals surface area (Å²) in [6.45, 7) is 0. The molecule has 2 aromatic rings. The zero-order valence-electron chi connectivity index (χ0n) is 11.4. The van der Waals surface area contributed by atoms with Crippen molar-refractivity contribution in [3.8, 4) is 11.1 Å². The molecule has 0 saturated heterocycles. The Morgan fingerprint density at radius 3 is 2.55 bits per heavy atom. The zero-order chi connectivity index (χ0) is 13.9. The van der Waals surface area contributed by atoms with Gasteiger partial charge in [-0.25, -0.2) is 0 Å².